The lowest BCUT2D eigenvalue weighted by molar-refractivity contribution is 0.727. The highest BCUT2D eigenvalue weighted by Gasteiger charge is 2.26. The third kappa shape index (κ3) is 2.23. The topological polar surface area (TPSA) is 29.9 Å². The number of imidazole rings is 1. The Morgan fingerprint density at radius 3 is 2.89 bits per heavy atom. The zero-order chi connectivity index (χ0) is 12.5. The predicted molar refractivity (Wildman–Crippen MR) is 74.0 cm³/mol. The van der Waals surface area contributed by atoms with Crippen molar-refractivity contribution in [1.29, 1.82) is 0 Å². The van der Waals surface area contributed by atoms with Crippen molar-refractivity contribution < 1.29 is 0 Å². The first-order valence-corrected chi connectivity index (χ1v) is 6.67. The van der Waals surface area contributed by atoms with Crippen molar-refractivity contribution in [2.75, 3.05) is 5.32 Å². The molecule has 1 unspecified atom stereocenters. The van der Waals surface area contributed by atoms with E-state index in [1.165, 1.54) is 12.8 Å². The highest BCUT2D eigenvalue weighted by Crippen LogP contribution is 2.37. The zero-order valence-electron chi connectivity index (χ0n) is 10.3. The molecule has 1 heterocycles. The number of nitrogens with one attached hydrogen (secondary N) is 1. The largest absolute Gasteiger partial charge is 0.349 e. The number of halogens is 1. The van der Waals surface area contributed by atoms with Gasteiger partial charge in [-0.05, 0) is 31.4 Å². The molecule has 1 aromatic heterocycles. The summed E-state index contributed by atoms with van der Waals surface area (Å²) in [6.45, 7) is 2.10. The number of hydrogen-bond donors (Lipinski definition) is 1. The van der Waals surface area contributed by atoms with E-state index in [0.717, 1.165) is 16.5 Å². The summed E-state index contributed by atoms with van der Waals surface area (Å²) in [4.78, 5) is 4.38. The number of hydrogen-bond acceptors (Lipinski definition) is 2. The van der Waals surface area contributed by atoms with E-state index in [2.05, 4.69) is 21.8 Å². The van der Waals surface area contributed by atoms with Gasteiger partial charge in [0.15, 0.2) is 0 Å². The molecule has 1 aliphatic carbocycles. The quantitative estimate of drug-likeness (QED) is 0.900. The van der Waals surface area contributed by atoms with Gasteiger partial charge in [0.25, 0.3) is 0 Å². The third-order valence-corrected chi connectivity index (χ3v) is 3.67. The first kappa shape index (κ1) is 11.6. The molecule has 3 nitrogen and oxygen atoms in total. The van der Waals surface area contributed by atoms with Crippen LogP contribution < -0.4 is 5.32 Å². The number of benzene rings is 1. The molecule has 1 fully saturated rings. The van der Waals surface area contributed by atoms with Crippen molar-refractivity contribution in [2.24, 2.45) is 0 Å². The zero-order valence-corrected chi connectivity index (χ0v) is 11.1. The fourth-order valence-electron chi connectivity index (χ4n) is 2.17. The van der Waals surface area contributed by atoms with Crippen molar-refractivity contribution >= 4 is 17.5 Å². The molecule has 18 heavy (non-hydrogen) atoms. The minimum absolute atomic E-state index is 0.151. The van der Waals surface area contributed by atoms with Gasteiger partial charge in [0.05, 0.1) is 6.04 Å². The van der Waals surface area contributed by atoms with E-state index in [0.29, 0.717) is 6.04 Å². The molecule has 1 aromatic carbocycles. The average Bonchev–Trinajstić information content (AvgIpc) is 3.11. The van der Waals surface area contributed by atoms with Crippen LogP contribution in [0.5, 0.6) is 0 Å². The standard InChI is InChI=1S/C14H16ClN3/c1-10(12-4-2-3-5-13(12)15)17-14-16-8-9-18(14)11-6-7-11/h2-5,8-11H,6-7H2,1H3,(H,16,17). The maximum atomic E-state index is 6.21. The Kier molecular flexibility index (Phi) is 3.00. The van der Waals surface area contributed by atoms with Crippen molar-refractivity contribution in [3.63, 3.8) is 0 Å². The van der Waals surface area contributed by atoms with Crippen LogP contribution in [-0.2, 0) is 0 Å². The number of anilines is 1. The predicted octanol–water partition coefficient (Wildman–Crippen LogP) is 4.04. The second-order valence-corrected chi connectivity index (χ2v) is 5.18. The molecule has 1 atom stereocenters. The van der Waals surface area contributed by atoms with Crippen LogP contribution >= 0.6 is 11.6 Å². The molecule has 2 aromatic rings. The van der Waals surface area contributed by atoms with Gasteiger partial charge in [-0.1, -0.05) is 29.8 Å². The van der Waals surface area contributed by atoms with Crippen molar-refractivity contribution in [3.8, 4) is 0 Å². The van der Waals surface area contributed by atoms with Gasteiger partial charge in [-0.15, -0.1) is 0 Å². The maximum absolute atomic E-state index is 6.21. The summed E-state index contributed by atoms with van der Waals surface area (Å²) in [5, 5.41) is 4.23. The SMILES string of the molecule is CC(Nc1nccn1C1CC1)c1ccccc1Cl. The highest BCUT2D eigenvalue weighted by molar-refractivity contribution is 6.31. The Bertz CT molecular complexity index is 545. The highest BCUT2D eigenvalue weighted by atomic mass is 35.5. The van der Waals surface area contributed by atoms with Crippen molar-refractivity contribution in [1.82, 2.24) is 9.55 Å². The van der Waals surface area contributed by atoms with E-state index < -0.39 is 0 Å². The molecule has 3 rings (SSSR count). The molecule has 0 aliphatic heterocycles. The van der Waals surface area contributed by atoms with Crippen LogP contribution in [0.4, 0.5) is 5.95 Å². The number of nitrogens with zero attached hydrogens (tertiary/aromatic N) is 2. The van der Waals surface area contributed by atoms with Crippen LogP contribution in [-0.4, -0.2) is 9.55 Å². The van der Waals surface area contributed by atoms with Crippen LogP contribution in [0, 0.1) is 0 Å². The van der Waals surface area contributed by atoms with Gasteiger partial charge in [-0.3, -0.25) is 0 Å². The normalized spacial score (nSPS) is 16.6. The summed E-state index contributed by atoms with van der Waals surface area (Å²) in [7, 11) is 0. The van der Waals surface area contributed by atoms with Gasteiger partial charge in [0.2, 0.25) is 5.95 Å². The monoisotopic (exact) mass is 261 g/mol. The van der Waals surface area contributed by atoms with Crippen LogP contribution in [0.3, 0.4) is 0 Å². The fraction of sp³-hybridized carbons (Fsp3) is 0.357. The minimum atomic E-state index is 0.151. The van der Waals surface area contributed by atoms with E-state index in [9.17, 15) is 0 Å². The lowest BCUT2D eigenvalue weighted by Gasteiger charge is -2.17. The van der Waals surface area contributed by atoms with Crippen LogP contribution in [0.2, 0.25) is 5.02 Å². The molecule has 4 heteroatoms. The third-order valence-electron chi connectivity index (χ3n) is 3.33. The molecule has 1 aliphatic rings. The molecule has 0 amide bonds. The molecule has 0 bridgehead atoms. The smallest absolute Gasteiger partial charge is 0.203 e. The van der Waals surface area contributed by atoms with Gasteiger partial charge < -0.3 is 9.88 Å². The lowest BCUT2D eigenvalue weighted by Crippen LogP contribution is -2.11. The van der Waals surface area contributed by atoms with E-state index in [1.54, 1.807) is 0 Å². The first-order valence-electron chi connectivity index (χ1n) is 6.29. The summed E-state index contributed by atoms with van der Waals surface area (Å²) in [6, 6.07) is 8.70. The van der Waals surface area contributed by atoms with Gasteiger partial charge in [-0.2, -0.15) is 0 Å². The average molecular weight is 262 g/mol. The first-order chi connectivity index (χ1) is 8.75. The van der Waals surface area contributed by atoms with Crippen molar-refractivity contribution in [2.45, 2.75) is 31.8 Å². The second kappa shape index (κ2) is 4.65. The molecule has 0 radical (unpaired) electrons. The van der Waals surface area contributed by atoms with E-state index in [4.69, 9.17) is 11.6 Å². The molecule has 94 valence electrons. The summed E-state index contributed by atoms with van der Waals surface area (Å²) >= 11 is 6.21. The number of aromatic nitrogens is 2. The Hall–Kier alpha value is -1.48. The molecular formula is C14H16ClN3. The maximum Gasteiger partial charge on any atom is 0.203 e. The van der Waals surface area contributed by atoms with Crippen molar-refractivity contribution in [3.05, 3.63) is 47.2 Å². The second-order valence-electron chi connectivity index (χ2n) is 4.78. The Morgan fingerprint density at radius 2 is 2.17 bits per heavy atom. The lowest BCUT2D eigenvalue weighted by atomic mass is 10.1. The van der Waals surface area contributed by atoms with Crippen LogP contribution in [0.1, 0.15) is 37.4 Å². The minimum Gasteiger partial charge on any atom is -0.349 e. The summed E-state index contributed by atoms with van der Waals surface area (Å²) in [6.07, 6.45) is 6.40. The fourth-order valence-corrected chi connectivity index (χ4v) is 2.47. The van der Waals surface area contributed by atoms with Gasteiger partial charge in [0.1, 0.15) is 0 Å². The molecular weight excluding hydrogens is 246 g/mol. The summed E-state index contributed by atoms with van der Waals surface area (Å²) in [5.74, 6) is 0.935. The molecule has 0 saturated heterocycles. The summed E-state index contributed by atoms with van der Waals surface area (Å²) < 4.78 is 2.22. The summed E-state index contributed by atoms with van der Waals surface area (Å²) in [5.41, 5.74) is 1.10. The van der Waals surface area contributed by atoms with Crippen LogP contribution in [0.15, 0.2) is 36.7 Å². The van der Waals surface area contributed by atoms with E-state index in [-0.39, 0.29) is 6.04 Å². The molecule has 1 saturated carbocycles. The van der Waals surface area contributed by atoms with Gasteiger partial charge in [0, 0.05) is 23.5 Å². The molecule has 1 N–H and O–H groups in total. The number of rotatable bonds is 4. The molecule has 0 spiro atoms. The Morgan fingerprint density at radius 1 is 1.39 bits per heavy atom. The van der Waals surface area contributed by atoms with E-state index in [1.807, 2.05) is 36.7 Å². The van der Waals surface area contributed by atoms with Gasteiger partial charge >= 0.3 is 0 Å². The van der Waals surface area contributed by atoms with E-state index >= 15 is 0 Å². The van der Waals surface area contributed by atoms with Gasteiger partial charge in [-0.25, -0.2) is 4.98 Å². The van der Waals surface area contributed by atoms with Crippen LogP contribution in [0.25, 0.3) is 0 Å². The Labute approximate surface area is 112 Å². The Balaban J connectivity index is 1.79.